The van der Waals surface area contributed by atoms with E-state index in [0.717, 1.165) is 23.6 Å². The van der Waals surface area contributed by atoms with Crippen LogP contribution in [0.15, 0.2) is 66.4 Å². The highest BCUT2D eigenvalue weighted by molar-refractivity contribution is 6.32. The van der Waals surface area contributed by atoms with Gasteiger partial charge in [0.25, 0.3) is 5.91 Å². The van der Waals surface area contributed by atoms with Crippen molar-refractivity contribution in [3.8, 4) is 5.82 Å². The maximum atomic E-state index is 14.2. The second kappa shape index (κ2) is 10.2. The highest BCUT2D eigenvalue weighted by Crippen LogP contribution is 2.35. The highest BCUT2D eigenvalue weighted by atomic mass is 35.5. The number of nitrogens with one attached hydrogen (secondary N) is 4. The molecule has 1 aromatic carbocycles. The van der Waals surface area contributed by atoms with E-state index in [-0.39, 0.29) is 28.1 Å². The van der Waals surface area contributed by atoms with E-state index < -0.39 is 23.4 Å². The van der Waals surface area contributed by atoms with Crippen LogP contribution in [0.1, 0.15) is 11.6 Å². The molecule has 1 amide bonds. The molecule has 0 unspecified atom stereocenters. The third-order valence-corrected chi connectivity index (χ3v) is 6.16. The van der Waals surface area contributed by atoms with E-state index in [9.17, 15) is 18.0 Å². The number of rotatable bonds is 7. The molecular formula is C24H19ClF3N9O. The SMILES string of the molecule is N=C/C(C(=O)Nc1cnc(-n2nccn2)c(Cl)c1)=C(\Nc1cnc(C2CNC2)c2ccccc12)C(F)(F)F. The third kappa shape index (κ3) is 4.93. The molecule has 4 N–H and O–H groups in total. The Bertz CT molecular complexity index is 1550. The lowest BCUT2D eigenvalue weighted by Gasteiger charge is -2.28. The zero-order valence-corrected chi connectivity index (χ0v) is 20.2. The summed E-state index contributed by atoms with van der Waals surface area (Å²) in [7, 11) is 0. The summed E-state index contributed by atoms with van der Waals surface area (Å²) in [4.78, 5) is 22.5. The van der Waals surface area contributed by atoms with E-state index in [1.807, 2.05) is 0 Å². The largest absolute Gasteiger partial charge is 0.432 e. The maximum Gasteiger partial charge on any atom is 0.432 e. The highest BCUT2D eigenvalue weighted by Gasteiger charge is 2.39. The van der Waals surface area contributed by atoms with Crippen molar-refractivity contribution in [3.63, 3.8) is 0 Å². The van der Waals surface area contributed by atoms with Gasteiger partial charge in [-0.1, -0.05) is 35.9 Å². The Labute approximate surface area is 218 Å². The first-order valence-electron chi connectivity index (χ1n) is 11.3. The first-order valence-corrected chi connectivity index (χ1v) is 11.6. The van der Waals surface area contributed by atoms with Crippen LogP contribution < -0.4 is 16.0 Å². The van der Waals surface area contributed by atoms with Gasteiger partial charge in [-0.05, 0) is 6.07 Å². The van der Waals surface area contributed by atoms with Gasteiger partial charge in [0.15, 0.2) is 5.82 Å². The average molecular weight is 542 g/mol. The molecular weight excluding hydrogens is 523 g/mol. The molecule has 0 radical (unpaired) electrons. The molecule has 1 aliphatic heterocycles. The Hall–Kier alpha value is -4.36. The monoisotopic (exact) mass is 541 g/mol. The number of benzene rings is 1. The molecule has 0 saturated carbocycles. The van der Waals surface area contributed by atoms with Crippen molar-refractivity contribution in [2.45, 2.75) is 12.1 Å². The fraction of sp³-hybridized carbons (Fsp3) is 0.167. The lowest BCUT2D eigenvalue weighted by molar-refractivity contribution is -0.114. The molecule has 38 heavy (non-hydrogen) atoms. The molecule has 1 saturated heterocycles. The number of hydrogen-bond acceptors (Lipinski definition) is 8. The summed E-state index contributed by atoms with van der Waals surface area (Å²) in [5.74, 6) is -0.863. The van der Waals surface area contributed by atoms with E-state index >= 15 is 0 Å². The summed E-state index contributed by atoms with van der Waals surface area (Å²) in [5.41, 5.74) is -1.50. The van der Waals surface area contributed by atoms with Gasteiger partial charge in [-0.3, -0.25) is 9.78 Å². The Balaban J connectivity index is 1.48. The third-order valence-electron chi connectivity index (χ3n) is 5.88. The van der Waals surface area contributed by atoms with E-state index in [1.165, 1.54) is 30.9 Å². The van der Waals surface area contributed by atoms with Gasteiger partial charge < -0.3 is 21.4 Å². The van der Waals surface area contributed by atoms with Gasteiger partial charge in [-0.15, -0.1) is 4.80 Å². The van der Waals surface area contributed by atoms with Crippen LogP contribution in [0.3, 0.4) is 0 Å². The molecule has 0 spiro atoms. The fourth-order valence-electron chi connectivity index (χ4n) is 3.97. The number of carbonyl (C=O) groups excluding carboxylic acids is 1. The molecule has 4 aromatic rings. The second-order valence-corrected chi connectivity index (χ2v) is 8.72. The van der Waals surface area contributed by atoms with Gasteiger partial charge in [0.1, 0.15) is 5.70 Å². The van der Waals surface area contributed by atoms with Crippen molar-refractivity contribution >= 4 is 45.9 Å². The normalized spacial score (nSPS) is 14.5. The van der Waals surface area contributed by atoms with E-state index in [2.05, 4.69) is 36.1 Å². The summed E-state index contributed by atoms with van der Waals surface area (Å²) >= 11 is 6.19. The molecule has 3 aromatic heterocycles. The molecule has 194 valence electrons. The van der Waals surface area contributed by atoms with Crippen molar-refractivity contribution < 1.29 is 18.0 Å². The Morgan fingerprint density at radius 3 is 2.42 bits per heavy atom. The quantitative estimate of drug-likeness (QED) is 0.205. The minimum absolute atomic E-state index is 0.0161. The number of nitrogens with zero attached hydrogens (tertiary/aromatic N) is 5. The molecule has 4 heterocycles. The number of pyridine rings is 2. The fourth-order valence-corrected chi connectivity index (χ4v) is 4.21. The summed E-state index contributed by atoms with van der Waals surface area (Å²) in [5, 5.41) is 24.5. The van der Waals surface area contributed by atoms with Crippen LogP contribution in [0.4, 0.5) is 24.5 Å². The van der Waals surface area contributed by atoms with Crippen LogP contribution >= 0.6 is 11.6 Å². The van der Waals surface area contributed by atoms with Crippen LogP contribution in [-0.2, 0) is 4.79 Å². The molecule has 10 nitrogen and oxygen atoms in total. The zero-order chi connectivity index (χ0) is 26.9. The number of allylic oxidation sites excluding steroid dienone is 1. The van der Waals surface area contributed by atoms with Crippen molar-refractivity contribution in [3.05, 3.63) is 77.1 Å². The van der Waals surface area contributed by atoms with E-state index in [0.29, 0.717) is 17.0 Å². The summed E-state index contributed by atoms with van der Waals surface area (Å²) in [6, 6.07) is 8.25. The predicted molar refractivity (Wildman–Crippen MR) is 136 cm³/mol. The minimum Gasteiger partial charge on any atom is -0.349 e. The zero-order valence-electron chi connectivity index (χ0n) is 19.4. The number of aromatic nitrogens is 5. The van der Waals surface area contributed by atoms with Crippen LogP contribution in [0.25, 0.3) is 16.6 Å². The van der Waals surface area contributed by atoms with Gasteiger partial charge in [0, 0.05) is 36.0 Å². The first kappa shape index (κ1) is 25.3. The van der Waals surface area contributed by atoms with Gasteiger partial charge in [0.05, 0.1) is 52.5 Å². The molecule has 5 rings (SSSR count). The van der Waals surface area contributed by atoms with Crippen LogP contribution in [0.5, 0.6) is 0 Å². The van der Waals surface area contributed by atoms with E-state index in [4.69, 9.17) is 17.0 Å². The van der Waals surface area contributed by atoms with Crippen LogP contribution in [0.2, 0.25) is 5.02 Å². The molecule has 0 bridgehead atoms. The number of carbonyl (C=O) groups is 1. The van der Waals surface area contributed by atoms with Crippen LogP contribution in [0, 0.1) is 5.41 Å². The number of anilines is 2. The summed E-state index contributed by atoms with van der Waals surface area (Å²) in [6.45, 7) is 1.46. The molecule has 14 heteroatoms. The Kier molecular flexibility index (Phi) is 6.78. The number of alkyl halides is 3. The van der Waals surface area contributed by atoms with Gasteiger partial charge in [0.2, 0.25) is 0 Å². The number of amides is 1. The van der Waals surface area contributed by atoms with Crippen molar-refractivity contribution in [1.29, 1.82) is 5.41 Å². The standard InChI is InChI=1S/C24H19ClF3N9O/c25-18-7-14(11-32-22(18)37-33-5-6-34-37)35-23(38)17(8-29)21(24(26,27)28)36-19-12-31-20(13-9-30-10-13)16-4-2-1-3-15(16)19/h1-8,11-13,29-30,36H,9-10H2,(H,35,38)/b21-17+,29-8?. The molecule has 0 aliphatic carbocycles. The van der Waals surface area contributed by atoms with E-state index in [1.54, 1.807) is 24.3 Å². The Morgan fingerprint density at radius 2 is 1.82 bits per heavy atom. The van der Waals surface area contributed by atoms with Gasteiger partial charge >= 0.3 is 6.18 Å². The smallest absolute Gasteiger partial charge is 0.349 e. The minimum atomic E-state index is -4.99. The van der Waals surface area contributed by atoms with Crippen molar-refractivity contribution in [1.82, 2.24) is 30.3 Å². The Morgan fingerprint density at radius 1 is 1.11 bits per heavy atom. The predicted octanol–water partition coefficient (Wildman–Crippen LogP) is 4.07. The van der Waals surface area contributed by atoms with Crippen LogP contribution in [-0.4, -0.2) is 56.3 Å². The van der Waals surface area contributed by atoms with Gasteiger partial charge in [-0.25, -0.2) is 4.98 Å². The summed E-state index contributed by atoms with van der Waals surface area (Å²) < 4.78 is 42.6. The number of hydrogen-bond donors (Lipinski definition) is 4. The second-order valence-electron chi connectivity index (χ2n) is 8.32. The number of halogens is 4. The molecule has 1 aliphatic rings. The summed E-state index contributed by atoms with van der Waals surface area (Å²) in [6.07, 6.45) is 0.678. The van der Waals surface area contributed by atoms with Crippen molar-refractivity contribution in [2.24, 2.45) is 0 Å². The average Bonchev–Trinajstić information content (AvgIpc) is 3.38. The molecule has 1 fully saturated rings. The lowest BCUT2D eigenvalue weighted by Crippen LogP contribution is -2.40. The topological polar surface area (TPSA) is 134 Å². The lowest BCUT2D eigenvalue weighted by atomic mass is 9.94. The van der Waals surface area contributed by atoms with Crippen molar-refractivity contribution in [2.75, 3.05) is 23.7 Å². The van der Waals surface area contributed by atoms with Gasteiger partial charge in [-0.2, -0.15) is 23.4 Å². The maximum absolute atomic E-state index is 14.2. The molecule has 0 atom stereocenters. The first-order chi connectivity index (χ1) is 18.3. The number of fused-ring (bicyclic) bond motifs is 1.